The van der Waals surface area contributed by atoms with Crippen LogP contribution >= 0.6 is 0 Å². The minimum absolute atomic E-state index is 0.137. The van der Waals surface area contributed by atoms with Gasteiger partial charge in [0.05, 0.1) is 19.8 Å². The van der Waals surface area contributed by atoms with Crippen LogP contribution in [0.2, 0.25) is 0 Å². The van der Waals surface area contributed by atoms with Crippen LogP contribution in [0.3, 0.4) is 0 Å². The van der Waals surface area contributed by atoms with Gasteiger partial charge in [-0.3, -0.25) is 0 Å². The van der Waals surface area contributed by atoms with Gasteiger partial charge in [0, 0.05) is 11.3 Å². The summed E-state index contributed by atoms with van der Waals surface area (Å²) in [7, 11) is 0. The van der Waals surface area contributed by atoms with Crippen molar-refractivity contribution in [1.29, 1.82) is 0 Å². The third-order valence-corrected chi connectivity index (χ3v) is 2.19. The van der Waals surface area contributed by atoms with Crippen LogP contribution in [-0.4, -0.2) is 19.3 Å². The smallest absolute Gasteiger partial charge is 0.123 e. The van der Waals surface area contributed by atoms with Crippen molar-refractivity contribution in [2.45, 2.75) is 12.7 Å². The number of hydrogen-bond acceptors (Lipinski definition) is 3. The predicted octanol–water partition coefficient (Wildman–Crippen LogP) is 1.32. The number of benzene rings is 1. The van der Waals surface area contributed by atoms with Gasteiger partial charge in [0.1, 0.15) is 11.9 Å². The van der Waals surface area contributed by atoms with Crippen LogP contribution in [0, 0.1) is 5.82 Å². The maximum Gasteiger partial charge on any atom is 0.123 e. The van der Waals surface area contributed by atoms with Crippen molar-refractivity contribution in [3.63, 3.8) is 0 Å². The molecule has 14 heavy (non-hydrogen) atoms. The maximum absolute atomic E-state index is 12.8. The first-order chi connectivity index (χ1) is 6.75. The van der Waals surface area contributed by atoms with Crippen molar-refractivity contribution >= 4 is 5.69 Å². The second-order valence-corrected chi connectivity index (χ2v) is 3.31. The van der Waals surface area contributed by atoms with Crippen LogP contribution in [0.25, 0.3) is 0 Å². The number of rotatable bonds is 3. The Kier molecular flexibility index (Phi) is 2.65. The van der Waals surface area contributed by atoms with Gasteiger partial charge in [-0.25, -0.2) is 4.39 Å². The molecule has 3 nitrogen and oxygen atoms in total. The van der Waals surface area contributed by atoms with Crippen molar-refractivity contribution in [2.75, 3.05) is 18.9 Å². The number of hydrogen-bond donors (Lipinski definition) is 1. The molecule has 1 saturated heterocycles. The molecule has 2 rings (SSSR count). The lowest BCUT2D eigenvalue weighted by atomic mass is 10.2. The highest BCUT2D eigenvalue weighted by Crippen LogP contribution is 2.16. The van der Waals surface area contributed by atoms with Gasteiger partial charge < -0.3 is 15.2 Å². The van der Waals surface area contributed by atoms with E-state index in [1.54, 1.807) is 6.07 Å². The Labute approximate surface area is 81.6 Å². The number of nitrogen functional groups attached to an aromatic ring is 1. The van der Waals surface area contributed by atoms with E-state index in [1.807, 2.05) is 0 Å². The van der Waals surface area contributed by atoms with E-state index < -0.39 is 0 Å². The summed E-state index contributed by atoms with van der Waals surface area (Å²) in [5.41, 5.74) is 6.91. The lowest BCUT2D eigenvalue weighted by Gasteiger charge is -2.26. The summed E-state index contributed by atoms with van der Waals surface area (Å²) in [6.07, 6.45) is 0.137. The standard InChI is InChI=1S/C10H12FNO2/c11-8-1-2-10(12)7(3-8)4-14-9-5-13-6-9/h1-3,9H,4-6,12H2. The predicted molar refractivity (Wildman–Crippen MR) is 50.2 cm³/mol. The largest absolute Gasteiger partial charge is 0.398 e. The molecule has 76 valence electrons. The van der Waals surface area contributed by atoms with E-state index >= 15 is 0 Å². The average Bonchev–Trinajstić information content (AvgIpc) is 2.08. The Balaban J connectivity index is 1.96. The fourth-order valence-electron chi connectivity index (χ4n) is 1.22. The van der Waals surface area contributed by atoms with Gasteiger partial charge in [0.2, 0.25) is 0 Å². The van der Waals surface area contributed by atoms with Crippen molar-refractivity contribution in [2.24, 2.45) is 0 Å². The van der Waals surface area contributed by atoms with E-state index in [1.165, 1.54) is 12.1 Å². The molecule has 0 bridgehead atoms. The third kappa shape index (κ3) is 2.02. The zero-order valence-electron chi connectivity index (χ0n) is 7.70. The van der Waals surface area contributed by atoms with Crippen LogP contribution in [0.4, 0.5) is 10.1 Å². The minimum Gasteiger partial charge on any atom is -0.398 e. The van der Waals surface area contributed by atoms with Crippen LogP contribution in [0.1, 0.15) is 5.56 Å². The van der Waals surface area contributed by atoms with Gasteiger partial charge in [-0.2, -0.15) is 0 Å². The highest BCUT2D eigenvalue weighted by molar-refractivity contribution is 5.46. The highest BCUT2D eigenvalue weighted by atomic mass is 19.1. The number of halogens is 1. The molecule has 0 atom stereocenters. The van der Waals surface area contributed by atoms with Gasteiger partial charge >= 0.3 is 0 Å². The Hall–Kier alpha value is -1.13. The van der Waals surface area contributed by atoms with Gasteiger partial charge in [-0.1, -0.05) is 0 Å². The van der Waals surface area contributed by atoms with Gasteiger partial charge in [-0.15, -0.1) is 0 Å². The van der Waals surface area contributed by atoms with Gasteiger partial charge in [0.25, 0.3) is 0 Å². The molecule has 1 aromatic carbocycles. The van der Waals surface area contributed by atoms with Crippen molar-refractivity contribution < 1.29 is 13.9 Å². The number of anilines is 1. The van der Waals surface area contributed by atoms with Gasteiger partial charge in [0.15, 0.2) is 0 Å². The molecule has 1 aliphatic heterocycles. The van der Waals surface area contributed by atoms with Crippen LogP contribution in [0.15, 0.2) is 18.2 Å². The topological polar surface area (TPSA) is 44.5 Å². The van der Waals surface area contributed by atoms with Crippen molar-refractivity contribution in [3.8, 4) is 0 Å². The number of ether oxygens (including phenoxy) is 2. The summed E-state index contributed by atoms with van der Waals surface area (Å²) in [6.45, 7) is 1.59. The summed E-state index contributed by atoms with van der Waals surface area (Å²) in [5, 5.41) is 0. The second kappa shape index (κ2) is 3.94. The molecule has 2 N–H and O–H groups in total. The van der Waals surface area contributed by atoms with E-state index in [4.69, 9.17) is 15.2 Å². The summed E-state index contributed by atoms with van der Waals surface area (Å²) in [6, 6.07) is 4.28. The molecule has 0 aliphatic carbocycles. The quantitative estimate of drug-likeness (QED) is 0.743. The molecule has 0 aromatic heterocycles. The maximum atomic E-state index is 12.8. The van der Waals surface area contributed by atoms with E-state index in [0.717, 1.165) is 0 Å². The highest BCUT2D eigenvalue weighted by Gasteiger charge is 2.18. The molecular formula is C10H12FNO2. The van der Waals surface area contributed by atoms with E-state index in [2.05, 4.69) is 0 Å². The average molecular weight is 197 g/mol. The zero-order chi connectivity index (χ0) is 9.97. The van der Waals surface area contributed by atoms with Crippen molar-refractivity contribution in [1.82, 2.24) is 0 Å². The third-order valence-electron chi connectivity index (χ3n) is 2.19. The number of nitrogens with two attached hydrogens (primary N) is 1. The fraction of sp³-hybridized carbons (Fsp3) is 0.400. The molecule has 0 spiro atoms. The molecule has 4 heteroatoms. The molecule has 0 radical (unpaired) electrons. The first-order valence-electron chi connectivity index (χ1n) is 4.49. The van der Waals surface area contributed by atoms with Gasteiger partial charge in [-0.05, 0) is 18.2 Å². The second-order valence-electron chi connectivity index (χ2n) is 3.31. The van der Waals surface area contributed by atoms with E-state index in [0.29, 0.717) is 31.1 Å². The fourth-order valence-corrected chi connectivity index (χ4v) is 1.22. The van der Waals surface area contributed by atoms with E-state index in [9.17, 15) is 4.39 Å². The Morgan fingerprint density at radius 2 is 2.29 bits per heavy atom. The molecule has 0 saturated carbocycles. The first kappa shape index (κ1) is 9.43. The summed E-state index contributed by atoms with van der Waals surface area (Å²) < 4.78 is 23.2. The lowest BCUT2D eigenvalue weighted by Crippen LogP contribution is -2.35. The molecular weight excluding hydrogens is 185 g/mol. The van der Waals surface area contributed by atoms with Crippen LogP contribution in [-0.2, 0) is 16.1 Å². The molecule has 0 amide bonds. The normalized spacial score (nSPS) is 16.6. The zero-order valence-corrected chi connectivity index (χ0v) is 7.70. The van der Waals surface area contributed by atoms with Crippen LogP contribution in [0.5, 0.6) is 0 Å². The summed E-state index contributed by atoms with van der Waals surface area (Å²) >= 11 is 0. The monoisotopic (exact) mass is 197 g/mol. The molecule has 1 aromatic rings. The van der Waals surface area contributed by atoms with Crippen molar-refractivity contribution in [3.05, 3.63) is 29.6 Å². The SMILES string of the molecule is Nc1ccc(F)cc1COC1COC1. The van der Waals surface area contributed by atoms with E-state index in [-0.39, 0.29) is 11.9 Å². The molecule has 1 aliphatic rings. The summed E-state index contributed by atoms with van der Waals surface area (Å²) in [5.74, 6) is -0.289. The Bertz CT molecular complexity index is 326. The first-order valence-corrected chi connectivity index (χ1v) is 4.49. The molecule has 0 unspecified atom stereocenters. The van der Waals surface area contributed by atoms with Crippen LogP contribution < -0.4 is 5.73 Å². The summed E-state index contributed by atoms with van der Waals surface area (Å²) in [4.78, 5) is 0. The minimum atomic E-state index is -0.289. The lowest BCUT2D eigenvalue weighted by molar-refractivity contribution is -0.135. The Morgan fingerprint density at radius 1 is 1.50 bits per heavy atom. The Morgan fingerprint density at radius 3 is 2.93 bits per heavy atom. The molecule has 1 fully saturated rings. The molecule has 1 heterocycles.